The van der Waals surface area contributed by atoms with Crippen molar-refractivity contribution < 1.29 is 28.8 Å². The summed E-state index contributed by atoms with van der Waals surface area (Å²) in [6, 6.07) is 8.97. The van der Waals surface area contributed by atoms with Crippen molar-refractivity contribution in [3.63, 3.8) is 0 Å². The van der Waals surface area contributed by atoms with Gasteiger partial charge in [0.1, 0.15) is 5.57 Å². The number of anilines is 1. The van der Waals surface area contributed by atoms with Crippen LogP contribution in [0.1, 0.15) is 25.8 Å². The molecule has 10 nitrogen and oxygen atoms in total. The number of urea groups is 1. The van der Waals surface area contributed by atoms with Crippen molar-refractivity contribution >= 4 is 35.3 Å². The molecule has 0 spiro atoms. The fraction of sp³-hybridized carbons (Fsp3) is 0.227. The van der Waals surface area contributed by atoms with E-state index in [9.17, 15) is 24.5 Å². The molecule has 1 fully saturated rings. The van der Waals surface area contributed by atoms with E-state index in [0.29, 0.717) is 35.2 Å². The van der Waals surface area contributed by atoms with Gasteiger partial charge in [0.05, 0.1) is 23.8 Å². The standard InChI is InChI=1S/C22H21N3O7/c1-3-10-32-18-9-8-14(12-19(18)31-4-2)11-17-20(26)23-22(28)24(21(17)27)15-6-5-7-16(13-15)25(29)30/h5-9,11-13H,3-4,10H2,1-2H3,(H,23,26,28)/b17-11+. The van der Waals surface area contributed by atoms with Crippen LogP contribution >= 0.6 is 0 Å². The van der Waals surface area contributed by atoms with Gasteiger partial charge in [0.2, 0.25) is 0 Å². The predicted octanol–water partition coefficient (Wildman–Crippen LogP) is 3.45. The summed E-state index contributed by atoms with van der Waals surface area (Å²) in [5, 5.41) is 13.1. The maximum atomic E-state index is 13.0. The van der Waals surface area contributed by atoms with Crippen molar-refractivity contribution in [3.05, 3.63) is 63.7 Å². The van der Waals surface area contributed by atoms with E-state index < -0.39 is 22.8 Å². The molecule has 0 unspecified atom stereocenters. The molecule has 0 bridgehead atoms. The van der Waals surface area contributed by atoms with Crippen LogP contribution in [0.25, 0.3) is 6.08 Å². The van der Waals surface area contributed by atoms with Crippen molar-refractivity contribution in [1.82, 2.24) is 5.32 Å². The lowest BCUT2D eigenvalue weighted by molar-refractivity contribution is -0.384. The van der Waals surface area contributed by atoms with E-state index in [1.54, 1.807) is 18.2 Å². The first-order chi connectivity index (χ1) is 15.3. The van der Waals surface area contributed by atoms with Gasteiger partial charge in [0.15, 0.2) is 11.5 Å². The molecule has 1 N–H and O–H groups in total. The summed E-state index contributed by atoms with van der Waals surface area (Å²) in [6.07, 6.45) is 2.13. The molecule has 0 aromatic heterocycles. The second-order valence-electron chi connectivity index (χ2n) is 6.72. The Bertz CT molecular complexity index is 1110. The van der Waals surface area contributed by atoms with E-state index in [1.807, 2.05) is 13.8 Å². The van der Waals surface area contributed by atoms with Crippen LogP contribution < -0.4 is 19.7 Å². The van der Waals surface area contributed by atoms with Crippen molar-refractivity contribution in [2.75, 3.05) is 18.1 Å². The number of ether oxygens (including phenoxy) is 2. The zero-order chi connectivity index (χ0) is 23.3. The fourth-order valence-corrected chi connectivity index (χ4v) is 3.02. The number of amides is 4. The Morgan fingerprint density at radius 2 is 1.84 bits per heavy atom. The summed E-state index contributed by atoms with van der Waals surface area (Å²) in [4.78, 5) is 48.8. The minimum absolute atomic E-state index is 0.0292. The number of nitro benzene ring substituents is 1. The summed E-state index contributed by atoms with van der Waals surface area (Å²) in [6.45, 7) is 4.68. The van der Waals surface area contributed by atoms with Gasteiger partial charge in [0.25, 0.3) is 17.5 Å². The number of barbiturate groups is 1. The topological polar surface area (TPSA) is 128 Å². The molecule has 1 saturated heterocycles. The summed E-state index contributed by atoms with van der Waals surface area (Å²) in [7, 11) is 0. The first-order valence-electron chi connectivity index (χ1n) is 9.91. The third-order valence-electron chi connectivity index (χ3n) is 4.44. The van der Waals surface area contributed by atoms with Crippen LogP contribution in [0.5, 0.6) is 11.5 Å². The number of rotatable bonds is 8. The highest BCUT2D eigenvalue weighted by Crippen LogP contribution is 2.31. The highest BCUT2D eigenvalue weighted by Gasteiger charge is 2.37. The average Bonchev–Trinajstić information content (AvgIpc) is 2.76. The molecule has 2 aromatic carbocycles. The molecule has 0 aliphatic carbocycles. The normalized spacial score (nSPS) is 15.0. The predicted molar refractivity (Wildman–Crippen MR) is 115 cm³/mol. The Labute approximate surface area is 183 Å². The third-order valence-corrected chi connectivity index (χ3v) is 4.44. The second kappa shape index (κ2) is 9.73. The van der Waals surface area contributed by atoms with E-state index in [1.165, 1.54) is 24.3 Å². The van der Waals surface area contributed by atoms with Crippen LogP contribution in [0.4, 0.5) is 16.2 Å². The molecular formula is C22H21N3O7. The molecule has 1 heterocycles. The number of hydrogen-bond acceptors (Lipinski definition) is 7. The van der Waals surface area contributed by atoms with Gasteiger partial charge in [0, 0.05) is 12.1 Å². The molecule has 0 radical (unpaired) electrons. The van der Waals surface area contributed by atoms with Crippen LogP contribution in [-0.2, 0) is 9.59 Å². The van der Waals surface area contributed by atoms with Gasteiger partial charge in [-0.15, -0.1) is 0 Å². The quantitative estimate of drug-likeness (QED) is 0.289. The van der Waals surface area contributed by atoms with Crippen LogP contribution in [0.3, 0.4) is 0 Å². The first kappa shape index (κ1) is 22.5. The number of non-ortho nitro benzene ring substituents is 1. The molecule has 0 atom stereocenters. The van der Waals surface area contributed by atoms with E-state index >= 15 is 0 Å². The Morgan fingerprint density at radius 3 is 2.53 bits per heavy atom. The van der Waals surface area contributed by atoms with E-state index in [0.717, 1.165) is 12.5 Å². The van der Waals surface area contributed by atoms with Gasteiger partial charge >= 0.3 is 6.03 Å². The van der Waals surface area contributed by atoms with Gasteiger partial charge in [-0.1, -0.05) is 19.1 Å². The molecule has 0 saturated carbocycles. The maximum absolute atomic E-state index is 13.0. The summed E-state index contributed by atoms with van der Waals surface area (Å²) in [5.41, 5.74) is -0.155. The molecule has 166 valence electrons. The smallest absolute Gasteiger partial charge is 0.335 e. The van der Waals surface area contributed by atoms with Gasteiger partial charge in [-0.25, -0.2) is 9.69 Å². The third kappa shape index (κ3) is 4.75. The molecule has 10 heteroatoms. The molecule has 1 aliphatic heterocycles. The summed E-state index contributed by atoms with van der Waals surface area (Å²) >= 11 is 0. The van der Waals surface area contributed by atoms with Crippen molar-refractivity contribution in [3.8, 4) is 11.5 Å². The molecule has 1 aliphatic rings. The van der Waals surface area contributed by atoms with Gasteiger partial charge in [-0.3, -0.25) is 25.0 Å². The SMILES string of the molecule is CCCOc1ccc(/C=C2\C(=O)NC(=O)N(c3cccc([N+](=O)[O-])c3)C2=O)cc1OCC. The highest BCUT2D eigenvalue weighted by molar-refractivity contribution is 6.39. The number of benzene rings is 2. The van der Waals surface area contributed by atoms with Gasteiger partial charge in [-0.2, -0.15) is 0 Å². The summed E-state index contributed by atoms with van der Waals surface area (Å²) in [5.74, 6) is -0.788. The molecule has 32 heavy (non-hydrogen) atoms. The Hall–Kier alpha value is -4.21. The van der Waals surface area contributed by atoms with Crippen LogP contribution in [0.2, 0.25) is 0 Å². The van der Waals surface area contributed by atoms with Gasteiger partial charge < -0.3 is 9.47 Å². The lowest BCUT2D eigenvalue weighted by atomic mass is 10.1. The highest BCUT2D eigenvalue weighted by atomic mass is 16.6. The number of carbonyl (C=O) groups excluding carboxylic acids is 3. The number of imide groups is 2. The fourth-order valence-electron chi connectivity index (χ4n) is 3.02. The number of hydrogen-bond donors (Lipinski definition) is 1. The van der Waals surface area contributed by atoms with Crippen molar-refractivity contribution in [2.45, 2.75) is 20.3 Å². The minimum Gasteiger partial charge on any atom is -0.490 e. The molecule has 3 rings (SSSR count). The first-order valence-corrected chi connectivity index (χ1v) is 9.91. The van der Waals surface area contributed by atoms with Gasteiger partial charge in [-0.05, 0) is 43.2 Å². The van der Waals surface area contributed by atoms with E-state index in [-0.39, 0.29) is 16.9 Å². The van der Waals surface area contributed by atoms with Crippen molar-refractivity contribution in [1.29, 1.82) is 0 Å². The zero-order valence-electron chi connectivity index (χ0n) is 17.5. The van der Waals surface area contributed by atoms with Crippen LogP contribution in [-0.4, -0.2) is 36.0 Å². The van der Waals surface area contributed by atoms with Crippen LogP contribution in [0.15, 0.2) is 48.0 Å². The number of nitrogens with one attached hydrogen (secondary N) is 1. The molecule has 2 aromatic rings. The molecular weight excluding hydrogens is 418 g/mol. The van der Waals surface area contributed by atoms with Crippen molar-refractivity contribution in [2.24, 2.45) is 0 Å². The lowest BCUT2D eigenvalue weighted by Crippen LogP contribution is -2.54. The number of carbonyl (C=O) groups is 3. The summed E-state index contributed by atoms with van der Waals surface area (Å²) < 4.78 is 11.2. The Balaban J connectivity index is 1.98. The zero-order valence-corrected chi connectivity index (χ0v) is 17.5. The minimum atomic E-state index is -0.990. The average molecular weight is 439 g/mol. The number of nitrogens with zero attached hydrogens (tertiary/aromatic N) is 2. The Morgan fingerprint density at radius 1 is 1.06 bits per heavy atom. The lowest BCUT2D eigenvalue weighted by Gasteiger charge is -2.26. The maximum Gasteiger partial charge on any atom is 0.335 e. The van der Waals surface area contributed by atoms with E-state index in [4.69, 9.17) is 9.47 Å². The number of nitro groups is 1. The second-order valence-corrected chi connectivity index (χ2v) is 6.72. The monoisotopic (exact) mass is 439 g/mol. The molecule has 4 amide bonds. The van der Waals surface area contributed by atoms with E-state index in [2.05, 4.69) is 5.32 Å². The Kier molecular flexibility index (Phi) is 6.83. The largest absolute Gasteiger partial charge is 0.490 e. The van der Waals surface area contributed by atoms with Crippen LogP contribution in [0, 0.1) is 10.1 Å².